The second-order valence-electron chi connectivity index (χ2n) is 7.71. The number of aliphatic hydroxyl groups excluding tert-OH is 1. The molecule has 0 aromatic carbocycles. The molecule has 0 radical (unpaired) electrons. The van der Waals surface area contributed by atoms with Crippen molar-refractivity contribution in [2.24, 2.45) is 11.5 Å². The van der Waals surface area contributed by atoms with Gasteiger partial charge in [-0.15, -0.1) is 0 Å². The van der Waals surface area contributed by atoms with Gasteiger partial charge >= 0.3 is 5.97 Å². The lowest BCUT2D eigenvalue weighted by atomic mass is 10.1. The zero-order valence-electron chi connectivity index (χ0n) is 18.3. The number of carboxylic acids is 1. The largest absolute Gasteiger partial charge is 0.480 e. The Morgan fingerprint density at radius 3 is 2.38 bits per heavy atom. The van der Waals surface area contributed by atoms with Crippen LogP contribution in [0.3, 0.4) is 0 Å². The van der Waals surface area contributed by atoms with Crippen LogP contribution in [0, 0.1) is 0 Å². The van der Waals surface area contributed by atoms with Crippen molar-refractivity contribution in [1.29, 1.82) is 0 Å². The van der Waals surface area contributed by atoms with Gasteiger partial charge in [0.25, 0.3) is 0 Å². The predicted octanol–water partition coefficient (Wildman–Crippen LogP) is -2.24. The summed E-state index contributed by atoms with van der Waals surface area (Å²) in [6.45, 7) is 1.61. The molecule has 0 aliphatic carbocycles. The third-order valence-electron chi connectivity index (χ3n) is 5.15. The van der Waals surface area contributed by atoms with Gasteiger partial charge in [0.05, 0.1) is 12.1 Å². The van der Waals surface area contributed by atoms with E-state index in [0.717, 1.165) is 0 Å². The van der Waals surface area contributed by atoms with Crippen LogP contribution in [0.15, 0.2) is 0 Å². The number of nitrogens with two attached hydrogens (primary N) is 2. The van der Waals surface area contributed by atoms with Crippen LogP contribution in [0.25, 0.3) is 0 Å². The summed E-state index contributed by atoms with van der Waals surface area (Å²) in [7, 11) is 0. The molecule has 8 N–H and O–H groups in total. The number of carbonyl (C=O) groups is 5. The lowest BCUT2D eigenvalue weighted by Crippen LogP contribution is -2.59. The highest BCUT2D eigenvalue weighted by molar-refractivity contribution is 7.98. The van der Waals surface area contributed by atoms with Gasteiger partial charge < -0.3 is 37.2 Å². The molecule has 1 aliphatic rings. The molecular weight excluding hydrogens is 442 g/mol. The van der Waals surface area contributed by atoms with E-state index in [4.69, 9.17) is 11.5 Å². The third-order valence-corrected chi connectivity index (χ3v) is 5.79. The molecular formula is C19H33N5O7S. The van der Waals surface area contributed by atoms with Crippen molar-refractivity contribution in [2.75, 3.05) is 18.6 Å². The number of nitrogens with zero attached hydrogens (tertiary/aromatic N) is 1. The Balaban J connectivity index is 2.84. The van der Waals surface area contributed by atoms with Crippen LogP contribution >= 0.6 is 11.8 Å². The molecule has 12 nitrogen and oxygen atoms in total. The van der Waals surface area contributed by atoms with Gasteiger partial charge in [-0.25, -0.2) is 4.79 Å². The van der Waals surface area contributed by atoms with Gasteiger partial charge in [-0.1, -0.05) is 0 Å². The number of amides is 4. The predicted molar refractivity (Wildman–Crippen MR) is 117 cm³/mol. The van der Waals surface area contributed by atoms with Crippen molar-refractivity contribution in [2.45, 2.75) is 69.3 Å². The van der Waals surface area contributed by atoms with E-state index in [-0.39, 0.29) is 18.7 Å². The Bertz CT molecular complexity index is 706. The second-order valence-corrected chi connectivity index (χ2v) is 8.69. The summed E-state index contributed by atoms with van der Waals surface area (Å²) in [5.74, 6) is -3.35. The fourth-order valence-electron chi connectivity index (χ4n) is 3.34. The molecule has 5 atom stereocenters. The number of rotatable bonds is 13. The number of aliphatic hydroxyl groups is 1. The maximum Gasteiger partial charge on any atom is 0.326 e. The number of carbonyl (C=O) groups excluding carboxylic acids is 4. The first-order valence-corrected chi connectivity index (χ1v) is 11.7. The first kappa shape index (κ1) is 27.7. The average Bonchev–Trinajstić information content (AvgIpc) is 3.21. The van der Waals surface area contributed by atoms with Crippen LogP contribution in [-0.2, 0) is 24.0 Å². The quantitative estimate of drug-likeness (QED) is 0.170. The molecule has 182 valence electrons. The van der Waals surface area contributed by atoms with Crippen molar-refractivity contribution >= 4 is 41.4 Å². The van der Waals surface area contributed by atoms with Crippen LogP contribution in [0.4, 0.5) is 0 Å². The Morgan fingerprint density at radius 1 is 1.19 bits per heavy atom. The van der Waals surface area contributed by atoms with E-state index in [9.17, 15) is 34.2 Å². The summed E-state index contributed by atoms with van der Waals surface area (Å²) < 4.78 is 0. The molecule has 1 fully saturated rings. The fourth-order valence-corrected chi connectivity index (χ4v) is 3.83. The summed E-state index contributed by atoms with van der Waals surface area (Å²) in [4.78, 5) is 61.7. The highest BCUT2D eigenvalue weighted by atomic mass is 32.2. The van der Waals surface area contributed by atoms with Gasteiger partial charge in [0.15, 0.2) is 0 Å². The molecule has 1 aliphatic heterocycles. The van der Waals surface area contributed by atoms with Crippen LogP contribution in [0.5, 0.6) is 0 Å². The number of hydrogen-bond acceptors (Lipinski definition) is 8. The van der Waals surface area contributed by atoms with Gasteiger partial charge in [-0.3, -0.25) is 19.2 Å². The first-order chi connectivity index (χ1) is 15.0. The monoisotopic (exact) mass is 475 g/mol. The van der Waals surface area contributed by atoms with E-state index >= 15 is 0 Å². The standard InChI is InChI=1S/C19H33N5O7S/c1-10(25)15(17(28)22-12(19(30)31)5-6-14(21)26)23-16(27)13-4-3-8-24(13)18(29)11(20)7-9-32-2/h10-13,15,25H,3-9,20H2,1-2H3,(H2,21,26)(H,22,28)(H,23,27)(H,30,31). The van der Waals surface area contributed by atoms with E-state index in [0.29, 0.717) is 31.6 Å². The summed E-state index contributed by atoms with van der Waals surface area (Å²) >= 11 is 1.55. The molecule has 13 heteroatoms. The third kappa shape index (κ3) is 8.28. The maximum absolute atomic E-state index is 12.8. The SMILES string of the molecule is CSCCC(N)C(=O)N1CCCC1C(=O)NC(C(=O)NC(CCC(N)=O)C(=O)O)C(C)O. The Hall–Kier alpha value is -2.38. The molecule has 1 rings (SSSR count). The van der Waals surface area contributed by atoms with Gasteiger partial charge in [0.2, 0.25) is 23.6 Å². The highest BCUT2D eigenvalue weighted by Gasteiger charge is 2.38. The van der Waals surface area contributed by atoms with E-state index < -0.39 is 54.0 Å². The summed E-state index contributed by atoms with van der Waals surface area (Å²) in [5, 5.41) is 23.9. The molecule has 0 aromatic heterocycles. The van der Waals surface area contributed by atoms with Crippen LogP contribution < -0.4 is 22.1 Å². The van der Waals surface area contributed by atoms with Gasteiger partial charge in [-0.2, -0.15) is 11.8 Å². The molecule has 5 unspecified atom stereocenters. The molecule has 32 heavy (non-hydrogen) atoms. The van der Waals surface area contributed by atoms with Gasteiger partial charge in [-0.05, 0) is 44.6 Å². The van der Waals surface area contributed by atoms with Gasteiger partial charge in [0.1, 0.15) is 18.1 Å². The van der Waals surface area contributed by atoms with E-state index in [1.54, 1.807) is 11.8 Å². The number of nitrogens with one attached hydrogen (secondary N) is 2. The Morgan fingerprint density at radius 2 is 1.84 bits per heavy atom. The van der Waals surface area contributed by atoms with E-state index in [1.807, 2.05) is 6.26 Å². The number of hydrogen-bond donors (Lipinski definition) is 6. The van der Waals surface area contributed by atoms with Crippen LogP contribution in [-0.4, -0.2) is 93.5 Å². The maximum atomic E-state index is 12.8. The minimum atomic E-state index is -1.46. The summed E-state index contributed by atoms with van der Waals surface area (Å²) in [6.07, 6.45) is 1.46. The van der Waals surface area contributed by atoms with E-state index in [2.05, 4.69) is 10.6 Å². The van der Waals surface area contributed by atoms with Crippen LogP contribution in [0.1, 0.15) is 39.0 Å². The number of carboxylic acid groups (broad SMARTS) is 1. The minimum absolute atomic E-state index is 0.240. The van der Waals surface area contributed by atoms with Crippen molar-refractivity contribution < 1.29 is 34.2 Å². The molecule has 0 bridgehead atoms. The lowest BCUT2D eigenvalue weighted by molar-refractivity contribution is -0.144. The zero-order valence-corrected chi connectivity index (χ0v) is 19.1. The van der Waals surface area contributed by atoms with Crippen molar-refractivity contribution in [3.8, 4) is 0 Å². The second kappa shape index (κ2) is 13.2. The number of aliphatic carboxylic acids is 1. The molecule has 0 aromatic rings. The molecule has 1 heterocycles. The van der Waals surface area contributed by atoms with E-state index in [1.165, 1.54) is 11.8 Å². The average molecular weight is 476 g/mol. The molecule has 4 amide bonds. The molecule has 0 spiro atoms. The molecule has 0 saturated carbocycles. The first-order valence-electron chi connectivity index (χ1n) is 10.3. The summed E-state index contributed by atoms with van der Waals surface area (Å²) in [5.41, 5.74) is 11.0. The highest BCUT2D eigenvalue weighted by Crippen LogP contribution is 2.19. The number of primary amides is 1. The smallest absolute Gasteiger partial charge is 0.326 e. The van der Waals surface area contributed by atoms with Gasteiger partial charge in [0, 0.05) is 13.0 Å². The van der Waals surface area contributed by atoms with Crippen LogP contribution in [0.2, 0.25) is 0 Å². The van der Waals surface area contributed by atoms with Crippen molar-refractivity contribution in [1.82, 2.24) is 15.5 Å². The Labute approximate surface area is 190 Å². The number of thioether (sulfide) groups is 1. The molecule has 1 saturated heterocycles. The normalized spacial score (nSPS) is 19.5. The zero-order chi connectivity index (χ0) is 24.4. The lowest BCUT2D eigenvalue weighted by Gasteiger charge is -2.29. The minimum Gasteiger partial charge on any atom is -0.480 e. The number of likely N-dealkylation sites (tertiary alicyclic amines) is 1. The fraction of sp³-hybridized carbons (Fsp3) is 0.737. The Kier molecular flexibility index (Phi) is 11.4. The van der Waals surface area contributed by atoms with Crippen molar-refractivity contribution in [3.05, 3.63) is 0 Å². The topological polar surface area (TPSA) is 205 Å². The summed E-state index contributed by atoms with van der Waals surface area (Å²) in [6, 6.07) is -4.47. The van der Waals surface area contributed by atoms with Crippen molar-refractivity contribution in [3.63, 3.8) is 0 Å².